The van der Waals surface area contributed by atoms with Gasteiger partial charge < -0.3 is 14.8 Å². The number of piperazine rings is 1. The number of amides is 1. The lowest BCUT2D eigenvalue weighted by Crippen LogP contribution is -2.56. The van der Waals surface area contributed by atoms with Crippen LogP contribution in [0.4, 0.5) is 0 Å². The maximum atomic E-state index is 12.1. The minimum atomic E-state index is 0.0667. The second-order valence-electron chi connectivity index (χ2n) is 4.78. The van der Waals surface area contributed by atoms with Crippen LogP contribution in [0.15, 0.2) is 18.6 Å². The highest BCUT2D eigenvalue weighted by Gasteiger charge is 2.26. The third-order valence-electron chi connectivity index (χ3n) is 3.57. The van der Waals surface area contributed by atoms with Gasteiger partial charge in [-0.05, 0) is 19.9 Å². The number of hydrogen-bond donors (Lipinski definition) is 1. The molecule has 1 aliphatic heterocycles. The molecule has 2 rings (SSSR count). The van der Waals surface area contributed by atoms with Crippen molar-refractivity contribution in [1.29, 1.82) is 0 Å². The molecule has 0 radical (unpaired) electrons. The molecule has 18 heavy (non-hydrogen) atoms. The van der Waals surface area contributed by atoms with Crippen LogP contribution in [0.5, 0.6) is 0 Å². The smallest absolute Gasteiger partial charge is 0.246 e. The molecule has 2 unspecified atom stereocenters. The van der Waals surface area contributed by atoms with Gasteiger partial charge in [0.2, 0.25) is 5.91 Å². The predicted molar refractivity (Wildman–Crippen MR) is 70.9 cm³/mol. The molecule has 0 aliphatic carbocycles. The van der Waals surface area contributed by atoms with Crippen LogP contribution in [0, 0.1) is 0 Å². The molecular weight excluding hydrogens is 228 g/mol. The maximum absolute atomic E-state index is 12.1. The van der Waals surface area contributed by atoms with E-state index in [0.29, 0.717) is 6.04 Å². The lowest BCUT2D eigenvalue weighted by Gasteiger charge is -2.38. The van der Waals surface area contributed by atoms with Crippen LogP contribution in [0.2, 0.25) is 0 Å². The molecule has 1 aromatic heterocycles. The lowest BCUT2D eigenvalue weighted by molar-refractivity contribution is -0.129. The summed E-state index contributed by atoms with van der Waals surface area (Å²) in [6, 6.07) is 0.565. The molecule has 0 aromatic carbocycles. The summed E-state index contributed by atoms with van der Waals surface area (Å²) in [4.78, 5) is 18.1. The largest absolute Gasteiger partial charge is 0.334 e. The van der Waals surface area contributed by atoms with Gasteiger partial charge in [0, 0.05) is 38.3 Å². The second kappa shape index (κ2) is 5.35. The summed E-state index contributed by atoms with van der Waals surface area (Å²) in [5.74, 6) is 0.0667. The Labute approximate surface area is 107 Å². The molecule has 0 spiro atoms. The van der Waals surface area contributed by atoms with Crippen LogP contribution in [-0.2, 0) is 11.8 Å². The summed E-state index contributed by atoms with van der Waals surface area (Å²) in [7, 11) is 1.91. The highest BCUT2D eigenvalue weighted by Crippen LogP contribution is 2.10. The number of nitrogens with zero attached hydrogens (tertiary/aromatic N) is 3. The fourth-order valence-electron chi connectivity index (χ4n) is 2.15. The molecule has 0 bridgehead atoms. The molecule has 1 N–H and O–H groups in total. The van der Waals surface area contributed by atoms with Gasteiger partial charge in [0.1, 0.15) is 0 Å². The number of aromatic nitrogens is 2. The molecule has 1 fully saturated rings. The average Bonchev–Trinajstić information content (AvgIpc) is 2.75. The van der Waals surface area contributed by atoms with E-state index in [4.69, 9.17) is 0 Å². The van der Waals surface area contributed by atoms with Crippen molar-refractivity contribution >= 4 is 12.0 Å². The van der Waals surface area contributed by atoms with Crippen molar-refractivity contribution in [3.05, 3.63) is 24.3 Å². The first-order chi connectivity index (χ1) is 8.59. The molecule has 1 aromatic rings. The number of rotatable bonds is 2. The van der Waals surface area contributed by atoms with E-state index in [9.17, 15) is 4.79 Å². The van der Waals surface area contributed by atoms with Crippen LogP contribution in [0.3, 0.4) is 0 Å². The molecule has 1 amide bonds. The summed E-state index contributed by atoms with van der Waals surface area (Å²) in [6.07, 6.45) is 6.91. The van der Waals surface area contributed by atoms with E-state index in [0.717, 1.165) is 18.8 Å². The van der Waals surface area contributed by atoms with Crippen molar-refractivity contribution in [3.8, 4) is 0 Å². The van der Waals surface area contributed by atoms with Gasteiger partial charge in [-0.1, -0.05) is 0 Å². The number of hydrogen-bond acceptors (Lipinski definition) is 3. The number of aryl methyl sites for hydroxylation is 1. The Hall–Kier alpha value is -1.62. The molecule has 0 saturated carbocycles. The summed E-state index contributed by atoms with van der Waals surface area (Å²) in [5, 5.41) is 3.36. The first kappa shape index (κ1) is 12.8. The number of carbonyl (C=O) groups is 1. The Morgan fingerprint density at radius 2 is 2.33 bits per heavy atom. The van der Waals surface area contributed by atoms with Gasteiger partial charge in [-0.2, -0.15) is 0 Å². The summed E-state index contributed by atoms with van der Waals surface area (Å²) < 4.78 is 1.88. The normalized spacial score (nSPS) is 24.7. The molecule has 2 heterocycles. The van der Waals surface area contributed by atoms with Crippen LogP contribution in [0.1, 0.15) is 19.5 Å². The summed E-state index contributed by atoms with van der Waals surface area (Å²) in [5.41, 5.74) is 0.930. The van der Waals surface area contributed by atoms with E-state index in [1.54, 1.807) is 18.6 Å². The zero-order chi connectivity index (χ0) is 13.1. The second-order valence-corrected chi connectivity index (χ2v) is 4.78. The number of nitrogens with one attached hydrogen (secondary N) is 1. The van der Waals surface area contributed by atoms with Crippen LogP contribution >= 0.6 is 0 Å². The van der Waals surface area contributed by atoms with Gasteiger partial charge in [0.15, 0.2) is 0 Å². The van der Waals surface area contributed by atoms with E-state index >= 15 is 0 Å². The Bertz CT molecular complexity index is 452. The van der Waals surface area contributed by atoms with E-state index in [1.807, 2.05) is 22.6 Å². The van der Waals surface area contributed by atoms with Crippen molar-refractivity contribution in [1.82, 2.24) is 19.8 Å². The Morgan fingerprint density at radius 3 is 3.00 bits per heavy atom. The number of carbonyl (C=O) groups excluding carboxylic acids is 1. The first-order valence-corrected chi connectivity index (χ1v) is 6.28. The molecule has 1 saturated heterocycles. The van der Waals surface area contributed by atoms with Crippen LogP contribution in [0.25, 0.3) is 6.08 Å². The zero-order valence-electron chi connectivity index (χ0n) is 11.1. The van der Waals surface area contributed by atoms with Crippen molar-refractivity contribution < 1.29 is 4.79 Å². The molecule has 5 nitrogen and oxygen atoms in total. The fourth-order valence-corrected chi connectivity index (χ4v) is 2.15. The quantitative estimate of drug-likeness (QED) is 0.782. The van der Waals surface area contributed by atoms with Gasteiger partial charge in [-0.3, -0.25) is 4.79 Å². The van der Waals surface area contributed by atoms with Gasteiger partial charge >= 0.3 is 0 Å². The SMILES string of the molecule is CC1NCCN(C(=O)C=Cc2cncn2C)C1C. The summed E-state index contributed by atoms with van der Waals surface area (Å²) >= 11 is 0. The topological polar surface area (TPSA) is 50.2 Å². The monoisotopic (exact) mass is 248 g/mol. The van der Waals surface area contributed by atoms with Gasteiger partial charge in [-0.25, -0.2) is 4.98 Å². The minimum absolute atomic E-state index is 0.0667. The van der Waals surface area contributed by atoms with Crippen LogP contribution < -0.4 is 5.32 Å². The van der Waals surface area contributed by atoms with Gasteiger partial charge in [0.05, 0.1) is 18.2 Å². The third-order valence-corrected chi connectivity index (χ3v) is 3.57. The Balaban J connectivity index is 2.03. The molecule has 1 aliphatic rings. The van der Waals surface area contributed by atoms with Crippen molar-refractivity contribution in [2.24, 2.45) is 7.05 Å². The molecule has 98 valence electrons. The average molecular weight is 248 g/mol. The minimum Gasteiger partial charge on any atom is -0.334 e. The molecule has 5 heteroatoms. The van der Waals surface area contributed by atoms with Gasteiger partial charge in [-0.15, -0.1) is 0 Å². The van der Waals surface area contributed by atoms with Crippen LogP contribution in [-0.4, -0.2) is 45.5 Å². The summed E-state index contributed by atoms with van der Waals surface area (Å²) in [6.45, 7) is 5.80. The maximum Gasteiger partial charge on any atom is 0.246 e. The fraction of sp³-hybridized carbons (Fsp3) is 0.538. The number of imidazole rings is 1. The van der Waals surface area contributed by atoms with Gasteiger partial charge in [0.25, 0.3) is 0 Å². The Morgan fingerprint density at radius 1 is 1.56 bits per heavy atom. The zero-order valence-corrected chi connectivity index (χ0v) is 11.1. The van der Waals surface area contributed by atoms with E-state index < -0.39 is 0 Å². The van der Waals surface area contributed by atoms with E-state index in [1.165, 1.54) is 0 Å². The molecule has 2 atom stereocenters. The van der Waals surface area contributed by atoms with Crippen molar-refractivity contribution in [3.63, 3.8) is 0 Å². The van der Waals surface area contributed by atoms with E-state index in [-0.39, 0.29) is 11.9 Å². The van der Waals surface area contributed by atoms with Crippen molar-refractivity contribution in [2.75, 3.05) is 13.1 Å². The highest BCUT2D eigenvalue weighted by atomic mass is 16.2. The van der Waals surface area contributed by atoms with Crippen molar-refractivity contribution in [2.45, 2.75) is 25.9 Å². The predicted octanol–water partition coefficient (Wildman–Crippen LogP) is 0.642. The third kappa shape index (κ3) is 2.61. The highest BCUT2D eigenvalue weighted by molar-refractivity contribution is 5.91. The standard InChI is InChI=1S/C13H20N4O/c1-10-11(2)17(7-6-15-10)13(18)5-4-12-8-14-9-16(12)3/h4-5,8-11,15H,6-7H2,1-3H3. The molecular formula is C13H20N4O. The van der Waals surface area contributed by atoms with E-state index in [2.05, 4.69) is 24.1 Å². The Kier molecular flexibility index (Phi) is 3.81. The lowest BCUT2D eigenvalue weighted by atomic mass is 10.1. The first-order valence-electron chi connectivity index (χ1n) is 6.28.